The van der Waals surface area contributed by atoms with Crippen molar-refractivity contribution in [2.45, 2.75) is 44.4 Å². The molecule has 1 atom stereocenters. The van der Waals surface area contributed by atoms with E-state index in [9.17, 15) is 0 Å². The van der Waals surface area contributed by atoms with Crippen LogP contribution < -0.4 is 9.80 Å². The molecule has 1 heterocycles. The summed E-state index contributed by atoms with van der Waals surface area (Å²) < 4.78 is 0. The lowest BCUT2D eigenvalue weighted by molar-refractivity contribution is 0.632. The third-order valence-corrected chi connectivity index (χ3v) is 11.3. The highest BCUT2D eigenvalue weighted by atomic mass is 15.2. The number of allylic oxidation sites excluding steroid dienone is 8. The summed E-state index contributed by atoms with van der Waals surface area (Å²) in [6.07, 6.45) is 16.6. The molecule has 0 bridgehead atoms. The van der Waals surface area contributed by atoms with Crippen LogP contribution in [0.1, 0.15) is 61.3 Å². The second-order valence-electron chi connectivity index (χ2n) is 14.9. The molecule has 0 saturated heterocycles. The zero-order valence-corrected chi connectivity index (χ0v) is 30.5. The zero-order valence-electron chi connectivity index (χ0n) is 30.5. The fraction of sp³-hybridized carbons (Fsp3) is 0.137. The molecule has 3 aliphatic rings. The molecule has 258 valence electrons. The number of benzene rings is 6. The van der Waals surface area contributed by atoms with Gasteiger partial charge in [-0.2, -0.15) is 0 Å². The van der Waals surface area contributed by atoms with E-state index in [1.54, 1.807) is 0 Å². The van der Waals surface area contributed by atoms with E-state index in [2.05, 4.69) is 212 Å². The number of fused-ring (bicyclic) bond motifs is 2. The highest BCUT2D eigenvalue weighted by molar-refractivity contribution is 5.87. The van der Waals surface area contributed by atoms with Gasteiger partial charge in [-0.1, -0.05) is 141 Å². The van der Waals surface area contributed by atoms with Crippen LogP contribution in [-0.2, 0) is 5.41 Å². The molecule has 2 aliphatic carbocycles. The Balaban J connectivity index is 1.08. The molecule has 2 heteroatoms. The Morgan fingerprint density at radius 2 is 1.23 bits per heavy atom. The van der Waals surface area contributed by atoms with E-state index in [4.69, 9.17) is 0 Å². The van der Waals surface area contributed by atoms with Crippen LogP contribution in [0.5, 0.6) is 0 Å². The highest BCUT2D eigenvalue weighted by Crippen LogP contribution is 2.52. The summed E-state index contributed by atoms with van der Waals surface area (Å²) in [6, 6.07) is 55.8. The van der Waals surface area contributed by atoms with Crippen molar-refractivity contribution in [2.75, 3.05) is 9.80 Å². The summed E-state index contributed by atoms with van der Waals surface area (Å²) in [4.78, 5) is 4.87. The zero-order chi connectivity index (χ0) is 35.8. The molecule has 0 aromatic heterocycles. The minimum atomic E-state index is -0.153. The lowest BCUT2D eigenvalue weighted by Gasteiger charge is -2.42. The molecule has 6 aromatic rings. The molecular formula is C51H44N2. The molecule has 0 fully saturated rings. The molecule has 0 radical (unpaired) electrons. The van der Waals surface area contributed by atoms with Crippen molar-refractivity contribution >= 4 is 34.0 Å². The van der Waals surface area contributed by atoms with Crippen LogP contribution in [0.3, 0.4) is 0 Å². The van der Waals surface area contributed by atoms with Crippen molar-refractivity contribution in [3.8, 4) is 11.1 Å². The molecule has 0 amide bonds. The number of rotatable bonds is 7. The molecule has 0 saturated carbocycles. The molecule has 9 rings (SSSR count). The summed E-state index contributed by atoms with van der Waals surface area (Å²) in [5.41, 5.74) is 16.4. The number of nitrogens with zero attached hydrogens (tertiary/aromatic N) is 2. The van der Waals surface area contributed by atoms with E-state index < -0.39 is 0 Å². The summed E-state index contributed by atoms with van der Waals surface area (Å²) in [5.74, 6) is 0.432. The minimum Gasteiger partial charge on any atom is -0.314 e. The Kier molecular flexibility index (Phi) is 8.52. The van der Waals surface area contributed by atoms with E-state index in [0.29, 0.717) is 5.92 Å². The fourth-order valence-electron chi connectivity index (χ4n) is 8.43. The van der Waals surface area contributed by atoms with Crippen LogP contribution in [-0.4, -0.2) is 0 Å². The van der Waals surface area contributed by atoms with Gasteiger partial charge in [0.1, 0.15) is 0 Å². The lowest BCUT2D eigenvalue weighted by atomic mass is 9.73. The lowest BCUT2D eigenvalue weighted by Crippen LogP contribution is -2.30. The Hall–Kier alpha value is -6.12. The maximum absolute atomic E-state index is 2.45. The molecule has 2 nitrogen and oxygen atoms in total. The first kappa shape index (κ1) is 32.8. The Morgan fingerprint density at radius 1 is 0.566 bits per heavy atom. The van der Waals surface area contributed by atoms with E-state index in [0.717, 1.165) is 19.3 Å². The van der Waals surface area contributed by atoms with E-state index in [-0.39, 0.29) is 5.41 Å². The Morgan fingerprint density at radius 3 is 1.92 bits per heavy atom. The van der Waals surface area contributed by atoms with Crippen molar-refractivity contribution in [1.29, 1.82) is 0 Å². The molecule has 0 spiro atoms. The van der Waals surface area contributed by atoms with Crippen LogP contribution in [0.4, 0.5) is 28.4 Å². The van der Waals surface area contributed by atoms with Gasteiger partial charge in [0.2, 0.25) is 0 Å². The first-order valence-corrected chi connectivity index (χ1v) is 18.9. The molecule has 1 unspecified atom stereocenters. The largest absolute Gasteiger partial charge is 0.314 e. The summed E-state index contributed by atoms with van der Waals surface area (Å²) >= 11 is 0. The normalized spacial score (nSPS) is 17.0. The highest BCUT2D eigenvalue weighted by Gasteiger charge is 2.37. The van der Waals surface area contributed by atoms with Gasteiger partial charge in [0.15, 0.2) is 0 Å². The topological polar surface area (TPSA) is 6.48 Å². The maximum atomic E-state index is 2.45. The third-order valence-electron chi connectivity index (χ3n) is 11.3. The quantitative estimate of drug-likeness (QED) is 0.165. The average molecular weight is 685 g/mol. The fourth-order valence-corrected chi connectivity index (χ4v) is 8.43. The van der Waals surface area contributed by atoms with Crippen LogP contribution in [0.25, 0.3) is 16.7 Å². The average Bonchev–Trinajstić information content (AvgIpc) is 3.23. The van der Waals surface area contributed by atoms with Gasteiger partial charge < -0.3 is 9.80 Å². The summed E-state index contributed by atoms with van der Waals surface area (Å²) in [7, 11) is 0. The standard InChI is InChI=1S/C51H44N2/c1-51(2)47-20-12-13-21-49(47)53(43-18-10-5-11-19-43)50-35-28-42(36-48(50)51)41-26-33-46(34-27-41)52(44-29-22-39(23-30-44)37-14-6-3-7-15-37)45-31-24-40(25-32-45)38-16-8-4-9-17-38/h3-16,18-22,24-29,31-36,38H,17,23,30H2,1-2H3. The Bertz CT molecular complexity index is 2380. The summed E-state index contributed by atoms with van der Waals surface area (Å²) in [6.45, 7) is 4.72. The van der Waals surface area contributed by atoms with Crippen LogP contribution in [0.15, 0.2) is 194 Å². The maximum Gasteiger partial charge on any atom is 0.0503 e. The molecule has 1 aliphatic heterocycles. The monoisotopic (exact) mass is 684 g/mol. The first-order valence-electron chi connectivity index (χ1n) is 18.9. The van der Waals surface area contributed by atoms with Gasteiger partial charge >= 0.3 is 0 Å². The second-order valence-corrected chi connectivity index (χ2v) is 14.9. The van der Waals surface area contributed by atoms with E-state index in [1.807, 2.05) is 0 Å². The van der Waals surface area contributed by atoms with Crippen molar-refractivity contribution in [2.24, 2.45) is 0 Å². The Labute approximate surface area is 314 Å². The predicted octanol–water partition coefficient (Wildman–Crippen LogP) is 14.0. The molecule has 6 aromatic carbocycles. The van der Waals surface area contributed by atoms with Gasteiger partial charge in [-0.3, -0.25) is 0 Å². The second kappa shape index (κ2) is 13.8. The first-order chi connectivity index (χ1) is 26.0. The van der Waals surface area contributed by atoms with Gasteiger partial charge in [-0.15, -0.1) is 0 Å². The number of anilines is 5. The third kappa shape index (κ3) is 6.15. The number of hydrogen-bond donors (Lipinski definition) is 0. The van der Waals surface area contributed by atoms with Crippen LogP contribution in [0.2, 0.25) is 0 Å². The molecule has 53 heavy (non-hydrogen) atoms. The smallest absolute Gasteiger partial charge is 0.0503 e. The van der Waals surface area contributed by atoms with Crippen molar-refractivity contribution < 1.29 is 0 Å². The van der Waals surface area contributed by atoms with Gasteiger partial charge in [0.05, 0.1) is 11.4 Å². The minimum absolute atomic E-state index is 0.153. The van der Waals surface area contributed by atoms with Crippen LogP contribution in [0, 0.1) is 0 Å². The van der Waals surface area contributed by atoms with Gasteiger partial charge in [-0.05, 0) is 119 Å². The van der Waals surface area contributed by atoms with Gasteiger partial charge in [0, 0.05) is 34.1 Å². The van der Waals surface area contributed by atoms with Crippen molar-refractivity contribution in [1.82, 2.24) is 0 Å². The SMILES string of the molecule is CC1(C)c2ccccc2N(c2ccccc2)c2ccc(-c3ccc(N(C4=CC=C(c5ccccc5)CC4)c4ccc(C5C=CC=CC5)cc4)cc3)cc21. The van der Waals surface area contributed by atoms with E-state index >= 15 is 0 Å². The predicted molar refractivity (Wildman–Crippen MR) is 225 cm³/mol. The number of hydrogen-bond acceptors (Lipinski definition) is 2. The van der Waals surface area contributed by atoms with Gasteiger partial charge in [-0.25, -0.2) is 0 Å². The van der Waals surface area contributed by atoms with E-state index in [1.165, 1.54) is 73.1 Å². The number of para-hydroxylation sites is 2. The summed E-state index contributed by atoms with van der Waals surface area (Å²) in [5, 5.41) is 0. The molecular weight excluding hydrogens is 641 g/mol. The molecule has 0 N–H and O–H groups in total. The van der Waals surface area contributed by atoms with Gasteiger partial charge in [0.25, 0.3) is 0 Å². The van der Waals surface area contributed by atoms with Crippen LogP contribution >= 0.6 is 0 Å². The van der Waals surface area contributed by atoms with Crippen molar-refractivity contribution in [3.63, 3.8) is 0 Å². The van der Waals surface area contributed by atoms with Crippen molar-refractivity contribution in [3.05, 3.63) is 216 Å².